The van der Waals surface area contributed by atoms with E-state index < -0.39 is 0 Å². The second kappa shape index (κ2) is 3.02. The maximum atomic E-state index is 10.7. The van der Waals surface area contributed by atoms with E-state index in [4.69, 9.17) is 4.42 Å². The number of aldehydes is 1. The number of hydrogen-bond donors (Lipinski definition) is 0. The maximum absolute atomic E-state index is 10.7. The Morgan fingerprint density at radius 1 is 1.54 bits per heavy atom. The molecule has 0 spiro atoms. The first-order chi connectivity index (χ1) is 6.22. The lowest BCUT2D eigenvalue weighted by Crippen LogP contribution is -1.81. The fourth-order valence-electron chi connectivity index (χ4n) is 1.48. The Balaban J connectivity index is 2.36. The van der Waals surface area contributed by atoms with Crippen molar-refractivity contribution in [2.75, 3.05) is 0 Å². The van der Waals surface area contributed by atoms with Gasteiger partial charge in [0.2, 0.25) is 0 Å². The third-order valence-electron chi connectivity index (χ3n) is 2.45. The summed E-state index contributed by atoms with van der Waals surface area (Å²) < 4.78 is 5.66. The molecule has 0 saturated heterocycles. The minimum absolute atomic E-state index is 0.367. The van der Waals surface area contributed by atoms with Crippen LogP contribution < -0.4 is 0 Å². The number of furan rings is 1. The third kappa shape index (κ3) is 1.53. The third-order valence-corrected chi connectivity index (χ3v) is 2.45. The zero-order chi connectivity index (χ0) is 9.42. The normalized spacial score (nSPS) is 16.5. The van der Waals surface area contributed by atoms with Gasteiger partial charge >= 0.3 is 0 Å². The first kappa shape index (κ1) is 8.54. The van der Waals surface area contributed by atoms with E-state index in [9.17, 15) is 4.79 Å². The smallest absolute Gasteiger partial charge is 0.153 e. The highest BCUT2D eigenvalue weighted by atomic mass is 16.3. The topological polar surface area (TPSA) is 30.2 Å². The average molecular weight is 178 g/mol. The van der Waals surface area contributed by atoms with Gasteiger partial charge in [0, 0.05) is 11.8 Å². The van der Waals surface area contributed by atoms with E-state index >= 15 is 0 Å². The second-order valence-electron chi connectivity index (χ2n) is 4.02. The second-order valence-corrected chi connectivity index (χ2v) is 4.02. The van der Waals surface area contributed by atoms with Crippen LogP contribution in [0.15, 0.2) is 10.5 Å². The molecule has 1 aromatic heterocycles. The average Bonchev–Trinajstić information content (AvgIpc) is 2.84. The fourth-order valence-corrected chi connectivity index (χ4v) is 1.48. The lowest BCUT2D eigenvalue weighted by molar-refractivity contribution is 0.112. The molecule has 2 nitrogen and oxygen atoms in total. The van der Waals surface area contributed by atoms with Gasteiger partial charge in [-0.1, -0.05) is 13.8 Å². The summed E-state index contributed by atoms with van der Waals surface area (Å²) in [6.07, 6.45) is 3.25. The van der Waals surface area contributed by atoms with E-state index in [1.807, 2.05) is 6.07 Å². The van der Waals surface area contributed by atoms with E-state index in [2.05, 4.69) is 13.8 Å². The van der Waals surface area contributed by atoms with Crippen LogP contribution in [-0.2, 0) is 0 Å². The van der Waals surface area contributed by atoms with Gasteiger partial charge in [-0.05, 0) is 18.9 Å². The molecule has 0 unspecified atom stereocenters. The van der Waals surface area contributed by atoms with Gasteiger partial charge in [0.25, 0.3) is 0 Å². The number of hydrogen-bond acceptors (Lipinski definition) is 2. The summed E-state index contributed by atoms with van der Waals surface area (Å²) in [6.45, 7) is 4.15. The lowest BCUT2D eigenvalue weighted by atomic mass is 10.1. The summed E-state index contributed by atoms with van der Waals surface area (Å²) in [5.74, 6) is 2.74. The van der Waals surface area contributed by atoms with Gasteiger partial charge in [0.1, 0.15) is 11.5 Å². The molecule has 13 heavy (non-hydrogen) atoms. The maximum Gasteiger partial charge on any atom is 0.153 e. The SMILES string of the molecule is CC(C)c1cc(C=O)c(C2CC2)o1. The monoisotopic (exact) mass is 178 g/mol. The molecule has 2 rings (SSSR count). The minimum atomic E-state index is 0.367. The molecule has 0 aromatic carbocycles. The molecular formula is C11H14O2. The van der Waals surface area contributed by atoms with E-state index in [0.29, 0.717) is 11.8 Å². The van der Waals surface area contributed by atoms with E-state index in [1.54, 1.807) is 0 Å². The van der Waals surface area contributed by atoms with Crippen molar-refractivity contribution in [1.29, 1.82) is 0 Å². The van der Waals surface area contributed by atoms with Crippen LogP contribution in [-0.4, -0.2) is 6.29 Å². The molecule has 1 saturated carbocycles. The highest BCUT2D eigenvalue weighted by molar-refractivity contribution is 5.77. The van der Waals surface area contributed by atoms with Crippen LogP contribution in [0.1, 0.15) is 60.4 Å². The summed E-state index contributed by atoms with van der Waals surface area (Å²) >= 11 is 0. The molecule has 0 bridgehead atoms. The summed E-state index contributed by atoms with van der Waals surface area (Å²) in [4.78, 5) is 10.7. The first-order valence-corrected chi connectivity index (χ1v) is 4.81. The van der Waals surface area contributed by atoms with Gasteiger partial charge in [-0.25, -0.2) is 0 Å². The molecule has 2 heteroatoms. The van der Waals surface area contributed by atoms with Crippen LogP contribution >= 0.6 is 0 Å². The molecule has 0 aliphatic heterocycles. The van der Waals surface area contributed by atoms with Gasteiger partial charge in [0.15, 0.2) is 6.29 Å². The number of rotatable bonds is 3. The lowest BCUT2D eigenvalue weighted by Gasteiger charge is -1.97. The van der Waals surface area contributed by atoms with Crippen molar-refractivity contribution in [2.45, 2.75) is 38.5 Å². The van der Waals surface area contributed by atoms with Crippen molar-refractivity contribution in [2.24, 2.45) is 0 Å². The summed E-state index contributed by atoms with van der Waals surface area (Å²) in [6, 6.07) is 1.88. The Kier molecular flexibility index (Phi) is 1.98. The molecule has 1 aromatic rings. The molecule has 1 fully saturated rings. The van der Waals surface area contributed by atoms with E-state index in [-0.39, 0.29) is 0 Å². The van der Waals surface area contributed by atoms with Crippen molar-refractivity contribution in [3.05, 3.63) is 23.2 Å². The minimum Gasteiger partial charge on any atom is -0.465 e. The number of carbonyl (C=O) groups is 1. The van der Waals surface area contributed by atoms with Crippen LogP contribution in [0, 0.1) is 0 Å². The van der Waals surface area contributed by atoms with Crippen molar-refractivity contribution >= 4 is 6.29 Å². The van der Waals surface area contributed by atoms with Gasteiger partial charge in [0.05, 0.1) is 5.56 Å². The van der Waals surface area contributed by atoms with Crippen LogP contribution in [0.2, 0.25) is 0 Å². The largest absolute Gasteiger partial charge is 0.465 e. The molecule has 0 amide bonds. The molecule has 70 valence electrons. The Morgan fingerprint density at radius 2 is 2.23 bits per heavy atom. The van der Waals surface area contributed by atoms with Crippen LogP contribution in [0.3, 0.4) is 0 Å². The summed E-state index contributed by atoms with van der Waals surface area (Å²) in [5, 5.41) is 0. The summed E-state index contributed by atoms with van der Waals surface area (Å²) in [7, 11) is 0. The van der Waals surface area contributed by atoms with Gasteiger partial charge in [-0.15, -0.1) is 0 Å². The predicted octanol–water partition coefficient (Wildman–Crippen LogP) is 3.09. The Hall–Kier alpha value is -1.05. The Bertz CT molecular complexity index is 319. The standard InChI is InChI=1S/C11H14O2/c1-7(2)10-5-9(6-12)11(13-10)8-3-4-8/h5-8H,3-4H2,1-2H3. The molecule has 1 aliphatic carbocycles. The molecule has 0 atom stereocenters. The van der Waals surface area contributed by atoms with Crippen LogP contribution in [0.5, 0.6) is 0 Å². The van der Waals surface area contributed by atoms with Gasteiger partial charge in [-0.2, -0.15) is 0 Å². The zero-order valence-corrected chi connectivity index (χ0v) is 8.04. The van der Waals surface area contributed by atoms with E-state index in [0.717, 1.165) is 23.4 Å². The highest BCUT2D eigenvalue weighted by Gasteiger charge is 2.30. The van der Waals surface area contributed by atoms with Crippen molar-refractivity contribution < 1.29 is 9.21 Å². The molecular weight excluding hydrogens is 164 g/mol. The van der Waals surface area contributed by atoms with Crippen molar-refractivity contribution in [3.63, 3.8) is 0 Å². The van der Waals surface area contributed by atoms with Crippen molar-refractivity contribution in [3.8, 4) is 0 Å². The van der Waals surface area contributed by atoms with E-state index in [1.165, 1.54) is 12.8 Å². The highest BCUT2D eigenvalue weighted by Crippen LogP contribution is 2.43. The number of carbonyl (C=O) groups excluding carboxylic acids is 1. The summed E-state index contributed by atoms with van der Waals surface area (Å²) in [5.41, 5.74) is 0.756. The van der Waals surface area contributed by atoms with Crippen LogP contribution in [0.4, 0.5) is 0 Å². The predicted molar refractivity (Wildman–Crippen MR) is 50.2 cm³/mol. The zero-order valence-electron chi connectivity index (χ0n) is 8.04. The van der Waals surface area contributed by atoms with Crippen molar-refractivity contribution in [1.82, 2.24) is 0 Å². The molecule has 1 aliphatic rings. The quantitative estimate of drug-likeness (QED) is 0.666. The molecule has 0 radical (unpaired) electrons. The van der Waals surface area contributed by atoms with Crippen LogP contribution in [0.25, 0.3) is 0 Å². The first-order valence-electron chi connectivity index (χ1n) is 4.81. The fraction of sp³-hybridized carbons (Fsp3) is 0.545. The Morgan fingerprint density at radius 3 is 2.69 bits per heavy atom. The van der Waals surface area contributed by atoms with Gasteiger partial charge < -0.3 is 4.42 Å². The Labute approximate surface area is 77.9 Å². The van der Waals surface area contributed by atoms with Gasteiger partial charge in [-0.3, -0.25) is 4.79 Å². The molecule has 0 N–H and O–H groups in total. The molecule has 1 heterocycles.